The Bertz CT molecular complexity index is 213. The van der Waals surface area contributed by atoms with E-state index in [0.717, 1.165) is 19.3 Å². The third-order valence-corrected chi connectivity index (χ3v) is 3.69. The fraction of sp³-hybridized carbons (Fsp3) is 0.929. The van der Waals surface area contributed by atoms with Gasteiger partial charge in [-0.2, -0.15) is 0 Å². The fourth-order valence-electron chi connectivity index (χ4n) is 2.26. The Balaban J connectivity index is 0.000000239. The van der Waals surface area contributed by atoms with Gasteiger partial charge in [0.25, 0.3) is 0 Å². The molecular formula is C14H27NO2. The molecule has 1 saturated carbocycles. The lowest BCUT2D eigenvalue weighted by molar-refractivity contribution is -0.147. The van der Waals surface area contributed by atoms with Crippen LogP contribution in [-0.2, 0) is 9.53 Å². The first-order chi connectivity index (χ1) is 8.25. The first kappa shape index (κ1) is 14.5. The van der Waals surface area contributed by atoms with Gasteiger partial charge in [0.15, 0.2) is 0 Å². The zero-order valence-electron chi connectivity index (χ0n) is 11.4. The van der Waals surface area contributed by atoms with Crippen molar-refractivity contribution in [3.63, 3.8) is 0 Å². The van der Waals surface area contributed by atoms with Gasteiger partial charge in [-0.15, -0.1) is 0 Å². The van der Waals surface area contributed by atoms with E-state index >= 15 is 0 Å². The predicted octanol–water partition coefficient (Wildman–Crippen LogP) is 2.89. The molecule has 0 amide bonds. The molecule has 1 heterocycles. The zero-order valence-corrected chi connectivity index (χ0v) is 11.4. The highest BCUT2D eigenvalue weighted by Crippen LogP contribution is 2.50. The number of methoxy groups -OCH3 is 1. The minimum absolute atomic E-state index is 0.0126. The van der Waals surface area contributed by atoms with E-state index in [4.69, 9.17) is 4.74 Å². The second kappa shape index (κ2) is 7.70. The molecule has 1 N–H and O–H groups in total. The van der Waals surface area contributed by atoms with Crippen LogP contribution in [0.1, 0.15) is 58.3 Å². The van der Waals surface area contributed by atoms with Crippen LogP contribution in [0.4, 0.5) is 0 Å². The van der Waals surface area contributed by atoms with Crippen molar-refractivity contribution in [2.45, 2.75) is 58.3 Å². The quantitative estimate of drug-likeness (QED) is 0.594. The minimum atomic E-state index is -0.0517. The molecule has 0 aromatic rings. The van der Waals surface area contributed by atoms with Crippen molar-refractivity contribution in [2.75, 3.05) is 20.2 Å². The summed E-state index contributed by atoms with van der Waals surface area (Å²) in [6.07, 6.45) is 9.53. The van der Waals surface area contributed by atoms with Crippen LogP contribution in [-0.4, -0.2) is 26.2 Å². The third-order valence-electron chi connectivity index (χ3n) is 3.69. The monoisotopic (exact) mass is 241 g/mol. The molecule has 0 bridgehead atoms. The van der Waals surface area contributed by atoms with Gasteiger partial charge in [-0.05, 0) is 45.2 Å². The van der Waals surface area contributed by atoms with Crippen LogP contribution in [0.25, 0.3) is 0 Å². The summed E-state index contributed by atoms with van der Waals surface area (Å²) in [7, 11) is 1.49. The van der Waals surface area contributed by atoms with Crippen molar-refractivity contribution in [1.82, 2.24) is 5.32 Å². The van der Waals surface area contributed by atoms with Gasteiger partial charge in [-0.25, -0.2) is 0 Å². The number of ether oxygens (including phenoxy) is 1. The van der Waals surface area contributed by atoms with Crippen LogP contribution in [0.5, 0.6) is 0 Å². The Morgan fingerprint density at radius 2 is 1.88 bits per heavy atom. The number of carbonyl (C=O) groups is 1. The van der Waals surface area contributed by atoms with Crippen molar-refractivity contribution < 1.29 is 9.53 Å². The Hall–Kier alpha value is -0.570. The number of hydrogen-bond donors (Lipinski definition) is 1. The number of hydrogen-bond acceptors (Lipinski definition) is 3. The maximum absolute atomic E-state index is 11.3. The summed E-state index contributed by atoms with van der Waals surface area (Å²) in [5.74, 6) is 0.0126. The Morgan fingerprint density at radius 1 is 1.24 bits per heavy atom. The van der Waals surface area contributed by atoms with Crippen molar-refractivity contribution >= 4 is 5.97 Å². The highest BCUT2D eigenvalue weighted by atomic mass is 16.5. The molecule has 2 fully saturated rings. The summed E-state index contributed by atoms with van der Waals surface area (Å²) in [6, 6.07) is 0. The fourth-order valence-corrected chi connectivity index (χ4v) is 2.26. The van der Waals surface area contributed by atoms with E-state index in [-0.39, 0.29) is 11.4 Å². The van der Waals surface area contributed by atoms with Gasteiger partial charge in [0.2, 0.25) is 0 Å². The van der Waals surface area contributed by atoms with Crippen LogP contribution < -0.4 is 5.32 Å². The standard InChI is InChI=1S/C10H18O2.C4H9N/c1-3-4-5-6-10(7-8-10)9(11)12-2;1-2-4-5-3-1/h3-8H2,1-2H3;5H,1-4H2. The molecule has 2 rings (SSSR count). The molecule has 3 heteroatoms. The Labute approximate surface area is 105 Å². The summed E-state index contributed by atoms with van der Waals surface area (Å²) in [5, 5.41) is 3.22. The van der Waals surface area contributed by atoms with Gasteiger partial charge >= 0.3 is 5.97 Å². The molecule has 0 aromatic heterocycles. The molecule has 17 heavy (non-hydrogen) atoms. The van der Waals surface area contributed by atoms with Gasteiger partial charge in [-0.3, -0.25) is 4.79 Å². The lowest BCUT2D eigenvalue weighted by Crippen LogP contribution is -2.17. The molecule has 0 unspecified atom stereocenters. The molecule has 100 valence electrons. The van der Waals surface area contributed by atoms with E-state index in [1.54, 1.807) is 0 Å². The molecule has 1 saturated heterocycles. The van der Waals surface area contributed by atoms with Gasteiger partial charge < -0.3 is 10.1 Å². The summed E-state index contributed by atoms with van der Waals surface area (Å²) in [5.41, 5.74) is -0.0517. The molecular weight excluding hydrogens is 214 g/mol. The Kier molecular flexibility index (Phi) is 6.56. The van der Waals surface area contributed by atoms with Gasteiger partial charge in [0.1, 0.15) is 0 Å². The third kappa shape index (κ3) is 5.07. The highest BCUT2D eigenvalue weighted by Gasteiger charge is 2.49. The normalized spacial score (nSPS) is 20.4. The van der Waals surface area contributed by atoms with Gasteiger partial charge in [-0.1, -0.05) is 26.2 Å². The summed E-state index contributed by atoms with van der Waals surface area (Å²) < 4.78 is 4.77. The van der Waals surface area contributed by atoms with E-state index < -0.39 is 0 Å². The second-order valence-corrected chi connectivity index (χ2v) is 5.19. The molecule has 0 aromatic carbocycles. The number of nitrogens with one attached hydrogen (secondary N) is 1. The maximum atomic E-state index is 11.3. The van der Waals surface area contributed by atoms with E-state index in [1.807, 2.05) is 0 Å². The summed E-state index contributed by atoms with van der Waals surface area (Å²) >= 11 is 0. The van der Waals surface area contributed by atoms with E-state index in [0.29, 0.717) is 0 Å². The predicted molar refractivity (Wildman–Crippen MR) is 69.9 cm³/mol. The molecule has 2 aliphatic rings. The first-order valence-electron chi connectivity index (χ1n) is 7.04. The molecule has 1 aliphatic carbocycles. The average molecular weight is 241 g/mol. The van der Waals surface area contributed by atoms with Crippen LogP contribution in [0.15, 0.2) is 0 Å². The van der Waals surface area contributed by atoms with Crippen molar-refractivity contribution in [3.05, 3.63) is 0 Å². The molecule has 3 nitrogen and oxygen atoms in total. The number of esters is 1. The largest absolute Gasteiger partial charge is 0.469 e. The molecule has 0 spiro atoms. The van der Waals surface area contributed by atoms with Crippen molar-refractivity contribution in [1.29, 1.82) is 0 Å². The van der Waals surface area contributed by atoms with E-state index in [9.17, 15) is 4.79 Å². The van der Waals surface area contributed by atoms with Gasteiger partial charge in [0.05, 0.1) is 12.5 Å². The van der Waals surface area contributed by atoms with Crippen LogP contribution in [0.2, 0.25) is 0 Å². The number of carbonyl (C=O) groups excluding carboxylic acids is 1. The SMILES string of the molecule is C1CCNC1.CCCCCC1(C(=O)OC)CC1. The lowest BCUT2D eigenvalue weighted by Gasteiger charge is -2.11. The molecule has 0 atom stereocenters. The van der Waals surface area contributed by atoms with Gasteiger partial charge in [0, 0.05) is 0 Å². The van der Waals surface area contributed by atoms with E-state index in [2.05, 4.69) is 12.2 Å². The van der Waals surface area contributed by atoms with Crippen LogP contribution in [0, 0.1) is 5.41 Å². The number of rotatable bonds is 5. The van der Waals surface area contributed by atoms with E-state index in [1.165, 1.54) is 52.3 Å². The smallest absolute Gasteiger partial charge is 0.311 e. The average Bonchev–Trinajstić information content (AvgIpc) is 2.91. The minimum Gasteiger partial charge on any atom is -0.469 e. The maximum Gasteiger partial charge on any atom is 0.311 e. The Morgan fingerprint density at radius 3 is 2.24 bits per heavy atom. The summed E-state index contributed by atoms with van der Waals surface area (Å²) in [6.45, 7) is 4.68. The molecule has 1 aliphatic heterocycles. The molecule has 0 radical (unpaired) electrons. The second-order valence-electron chi connectivity index (χ2n) is 5.19. The first-order valence-corrected chi connectivity index (χ1v) is 7.04. The van der Waals surface area contributed by atoms with Crippen molar-refractivity contribution in [3.8, 4) is 0 Å². The topological polar surface area (TPSA) is 38.3 Å². The van der Waals surface area contributed by atoms with Crippen molar-refractivity contribution in [2.24, 2.45) is 5.41 Å². The highest BCUT2D eigenvalue weighted by molar-refractivity contribution is 5.79. The summed E-state index contributed by atoms with van der Waals surface area (Å²) in [4.78, 5) is 11.3. The number of unbranched alkanes of at least 4 members (excludes halogenated alkanes) is 2. The van der Waals surface area contributed by atoms with Crippen LogP contribution >= 0.6 is 0 Å². The zero-order chi connectivity index (χ0) is 12.6. The van der Waals surface area contributed by atoms with Crippen LogP contribution in [0.3, 0.4) is 0 Å². The lowest BCUT2D eigenvalue weighted by atomic mass is 9.99.